The summed E-state index contributed by atoms with van der Waals surface area (Å²) < 4.78 is 9.75. The van der Waals surface area contributed by atoms with Crippen LogP contribution in [0.2, 0.25) is 0 Å². The lowest BCUT2D eigenvalue weighted by Crippen LogP contribution is -2.03. The Hall–Kier alpha value is -1.29. The number of hydrogen-bond acceptors (Lipinski definition) is 4. The largest absolute Gasteiger partial charge is 0.400 e. The highest BCUT2D eigenvalue weighted by molar-refractivity contribution is 5.46. The molecule has 1 heterocycles. The molecule has 0 aliphatic rings. The number of rotatable bonds is 3. The minimum atomic E-state index is 0.403. The van der Waals surface area contributed by atoms with Crippen LogP contribution in [0.15, 0.2) is 16.3 Å². The molecule has 0 aliphatic heterocycles. The van der Waals surface area contributed by atoms with E-state index in [1.54, 1.807) is 13.2 Å². The number of hydrogen-bond donors (Lipinski definition) is 1. The van der Waals surface area contributed by atoms with Crippen LogP contribution in [0, 0.1) is 6.92 Å². The quantitative estimate of drug-likeness (QED) is 0.729. The first-order valence-corrected chi connectivity index (χ1v) is 3.60. The van der Waals surface area contributed by atoms with Crippen molar-refractivity contribution in [1.29, 1.82) is 0 Å². The molecule has 0 unspecified atom stereocenters. The van der Waals surface area contributed by atoms with Crippen LogP contribution in [0.1, 0.15) is 11.5 Å². The van der Waals surface area contributed by atoms with Crippen molar-refractivity contribution in [2.45, 2.75) is 6.92 Å². The second-order valence-corrected chi connectivity index (χ2v) is 2.52. The van der Waals surface area contributed by atoms with E-state index in [-0.39, 0.29) is 0 Å². The molecule has 0 aliphatic carbocycles. The monoisotopic (exact) mass is 168 g/mol. The Morgan fingerprint density at radius 1 is 1.83 bits per heavy atom. The van der Waals surface area contributed by atoms with Crippen molar-refractivity contribution in [2.75, 3.05) is 13.7 Å². The Morgan fingerprint density at radius 3 is 3.08 bits per heavy atom. The van der Waals surface area contributed by atoms with E-state index in [0.29, 0.717) is 18.1 Å². The predicted octanol–water partition coefficient (Wildman–Crippen LogP) is 0.929. The lowest BCUT2D eigenvalue weighted by Gasteiger charge is -1.95. The van der Waals surface area contributed by atoms with Crippen LogP contribution in [0.5, 0.6) is 0 Å². The van der Waals surface area contributed by atoms with Crippen molar-refractivity contribution >= 4 is 6.08 Å². The normalized spacial score (nSPS) is 12.0. The Bertz CT molecular complexity index is 278. The first kappa shape index (κ1) is 8.80. The second-order valence-electron chi connectivity index (χ2n) is 2.52. The molecule has 4 nitrogen and oxygen atoms in total. The molecule has 1 rings (SSSR count). The molecule has 0 spiro atoms. The van der Waals surface area contributed by atoms with Crippen molar-refractivity contribution in [3.63, 3.8) is 0 Å². The molecule has 66 valence electrons. The first-order chi connectivity index (χ1) is 5.72. The fraction of sp³-hybridized carbons (Fsp3) is 0.375. The number of ether oxygens (including phenoxy) is 1. The van der Waals surface area contributed by atoms with Gasteiger partial charge >= 0.3 is 0 Å². The van der Waals surface area contributed by atoms with Crippen molar-refractivity contribution in [1.82, 2.24) is 5.16 Å². The maximum atomic E-state index is 5.57. The zero-order chi connectivity index (χ0) is 8.97. The summed E-state index contributed by atoms with van der Waals surface area (Å²) in [7, 11) is 1.59. The van der Waals surface area contributed by atoms with Crippen LogP contribution in [0.3, 0.4) is 0 Å². The van der Waals surface area contributed by atoms with Gasteiger partial charge in [0.2, 0.25) is 0 Å². The van der Waals surface area contributed by atoms with Gasteiger partial charge in [-0.15, -0.1) is 0 Å². The summed E-state index contributed by atoms with van der Waals surface area (Å²) in [6, 6.07) is 1.81. The third-order valence-corrected chi connectivity index (χ3v) is 1.28. The van der Waals surface area contributed by atoms with Gasteiger partial charge in [0.05, 0.1) is 12.3 Å². The molecule has 0 radical (unpaired) electrons. The molecule has 0 atom stereocenters. The van der Waals surface area contributed by atoms with Gasteiger partial charge in [0, 0.05) is 24.9 Å². The maximum absolute atomic E-state index is 5.57. The zero-order valence-electron chi connectivity index (χ0n) is 7.20. The molecule has 0 amide bonds. The Labute approximate surface area is 71.0 Å². The summed E-state index contributed by atoms with van der Waals surface area (Å²) in [4.78, 5) is 0. The summed E-state index contributed by atoms with van der Waals surface area (Å²) in [5.41, 5.74) is 7.03. The number of methoxy groups -OCH3 is 1. The highest BCUT2D eigenvalue weighted by atomic mass is 16.5. The van der Waals surface area contributed by atoms with Gasteiger partial charge < -0.3 is 15.0 Å². The van der Waals surface area contributed by atoms with E-state index in [1.807, 2.05) is 13.0 Å². The Kier molecular flexibility index (Phi) is 2.88. The highest BCUT2D eigenvalue weighted by Gasteiger charge is 1.97. The van der Waals surface area contributed by atoms with E-state index in [9.17, 15) is 0 Å². The van der Waals surface area contributed by atoms with Crippen LogP contribution in [-0.4, -0.2) is 18.9 Å². The third-order valence-electron chi connectivity index (χ3n) is 1.28. The Balaban J connectivity index is 2.67. The van der Waals surface area contributed by atoms with Gasteiger partial charge in [0.25, 0.3) is 0 Å². The maximum Gasteiger partial charge on any atom is 0.161 e. The van der Waals surface area contributed by atoms with Gasteiger partial charge in [0.1, 0.15) is 0 Å². The summed E-state index contributed by atoms with van der Waals surface area (Å²) >= 11 is 0. The predicted molar refractivity (Wildman–Crippen MR) is 45.3 cm³/mol. The number of aryl methyl sites for hydroxylation is 1. The van der Waals surface area contributed by atoms with Crippen LogP contribution in [-0.2, 0) is 4.74 Å². The van der Waals surface area contributed by atoms with Crippen molar-refractivity contribution in [2.24, 2.45) is 5.73 Å². The minimum Gasteiger partial charge on any atom is -0.400 e. The molecule has 12 heavy (non-hydrogen) atoms. The van der Waals surface area contributed by atoms with Crippen LogP contribution in [0.4, 0.5) is 0 Å². The van der Waals surface area contributed by atoms with Crippen LogP contribution < -0.4 is 5.73 Å². The molecule has 0 saturated heterocycles. The zero-order valence-corrected chi connectivity index (χ0v) is 7.20. The minimum absolute atomic E-state index is 0.403. The lowest BCUT2D eigenvalue weighted by atomic mass is 10.3. The molecular formula is C8H12N2O2. The van der Waals surface area contributed by atoms with Crippen molar-refractivity contribution in [3.05, 3.63) is 23.2 Å². The smallest absolute Gasteiger partial charge is 0.161 e. The van der Waals surface area contributed by atoms with E-state index in [2.05, 4.69) is 5.16 Å². The molecule has 0 aromatic carbocycles. The van der Waals surface area contributed by atoms with Crippen LogP contribution >= 0.6 is 0 Å². The SMILES string of the molecule is COC/C(N)=C\c1cc(C)no1. The highest BCUT2D eigenvalue weighted by Crippen LogP contribution is 2.05. The molecule has 0 bridgehead atoms. The molecule has 1 aromatic heterocycles. The van der Waals surface area contributed by atoms with Crippen molar-refractivity contribution < 1.29 is 9.26 Å². The van der Waals surface area contributed by atoms with Gasteiger partial charge in [0.15, 0.2) is 5.76 Å². The van der Waals surface area contributed by atoms with Crippen molar-refractivity contribution in [3.8, 4) is 0 Å². The van der Waals surface area contributed by atoms with Crippen LogP contribution in [0.25, 0.3) is 6.08 Å². The average Bonchev–Trinajstić information content (AvgIpc) is 2.36. The number of nitrogens with zero attached hydrogens (tertiary/aromatic N) is 1. The molecular weight excluding hydrogens is 156 g/mol. The van der Waals surface area contributed by atoms with Gasteiger partial charge in [-0.1, -0.05) is 5.16 Å². The van der Waals surface area contributed by atoms with E-state index >= 15 is 0 Å². The lowest BCUT2D eigenvalue weighted by molar-refractivity contribution is 0.225. The molecule has 2 N–H and O–H groups in total. The first-order valence-electron chi connectivity index (χ1n) is 3.60. The van der Waals surface area contributed by atoms with E-state index in [4.69, 9.17) is 15.0 Å². The van der Waals surface area contributed by atoms with Gasteiger partial charge in [-0.05, 0) is 6.92 Å². The van der Waals surface area contributed by atoms with E-state index < -0.39 is 0 Å². The fourth-order valence-electron chi connectivity index (χ4n) is 0.842. The summed E-state index contributed by atoms with van der Waals surface area (Å²) in [6.07, 6.45) is 1.70. The topological polar surface area (TPSA) is 61.3 Å². The second kappa shape index (κ2) is 3.92. The Morgan fingerprint density at radius 2 is 2.58 bits per heavy atom. The van der Waals surface area contributed by atoms with E-state index in [0.717, 1.165) is 5.69 Å². The molecule has 0 saturated carbocycles. The molecule has 4 heteroatoms. The standard InChI is InChI=1S/C8H12N2O2/c1-6-3-8(12-10-6)4-7(9)5-11-2/h3-4H,5,9H2,1-2H3/b7-4+. The summed E-state index contributed by atoms with van der Waals surface area (Å²) in [5, 5.41) is 3.71. The third kappa shape index (κ3) is 2.39. The number of aromatic nitrogens is 1. The average molecular weight is 168 g/mol. The molecule has 0 fully saturated rings. The summed E-state index contributed by atoms with van der Waals surface area (Å²) in [6.45, 7) is 2.26. The molecule has 1 aromatic rings. The van der Waals surface area contributed by atoms with E-state index in [1.165, 1.54) is 0 Å². The van der Waals surface area contributed by atoms with Gasteiger partial charge in [-0.3, -0.25) is 0 Å². The fourth-order valence-corrected chi connectivity index (χ4v) is 0.842. The number of nitrogens with two attached hydrogens (primary N) is 1. The van der Waals surface area contributed by atoms with Gasteiger partial charge in [-0.2, -0.15) is 0 Å². The van der Waals surface area contributed by atoms with Gasteiger partial charge in [-0.25, -0.2) is 0 Å². The summed E-state index contributed by atoms with van der Waals surface area (Å²) in [5.74, 6) is 0.655.